The van der Waals surface area contributed by atoms with Crippen LogP contribution in [-0.2, 0) is 11.3 Å². The van der Waals surface area contributed by atoms with Gasteiger partial charge >= 0.3 is 0 Å². The molecule has 25 heavy (non-hydrogen) atoms. The molecule has 1 amide bonds. The van der Waals surface area contributed by atoms with Crippen molar-refractivity contribution in [1.82, 2.24) is 4.90 Å². The third-order valence-corrected chi connectivity index (χ3v) is 5.48. The second kappa shape index (κ2) is 8.41. The summed E-state index contributed by atoms with van der Waals surface area (Å²) in [5.74, 6) is -0.0685. The maximum absolute atomic E-state index is 12.6. The number of hydrogen-bond acceptors (Lipinski definition) is 2. The van der Waals surface area contributed by atoms with Crippen LogP contribution in [0.25, 0.3) is 0 Å². The first-order chi connectivity index (χ1) is 12.0. The summed E-state index contributed by atoms with van der Waals surface area (Å²) >= 11 is 18.1. The number of rotatable bonds is 4. The topological polar surface area (TPSA) is 32.3 Å². The predicted octanol–water partition coefficient (Wildman–Crippen LogP) is 5.50. The number of amides is 1. The predicted molar refractivity (Wildman–Crippen MR) is 105 cm³/mol. The number of anilines is 1. The highest BCUT2D eigenvalue weighted by molar-refractivity contribution is 6.44. The molecule has 6 heteroatoms. The van der Waals surface area contributed by atoms with Crippen molar-refractivity contribution in [1.29, 1.82) is 0 Å². The summed E-state index contributed by atoms with van der Waals surface area (Å²) < 4.78 is 0. The normalized spacial score (nSPS) is 18.1. The number of carbonyl (C=O) groups excluding carboxylic acids is 1. The number of nitrogens with zero attached hydrogens (tertiary/aromatic N) is 1. The summed E-state index contributed by atoms with van der Waals surface area (Å²) in [5, 5.41) is 4.47. The summed E-state index contributed by atoms with van der Waals surface area (Å²) in [6.45, 7) is 2.54. The first-order valence-electron chi connectivity index (χ1n) is 8.24. The minimum Gasteiger partial charge on any atom is -0.324 e. The van der Waals surface area contributed by atoms with Gasteiger partial charge in [0.15, 0.2) is 0 Å². The lowest BCUT2D eigenvalue weighted by Crippen LogP contribution is -2.40. The molecule has 0 spiro atoms. The Hall–Kier alpha value is -1.26. The molecule has 1 N–H and O–H groups in total. The Morgan fingerprint density at radius 1 is 1.12 bits per heavy atom. The average molecular weight is 398 g/mol. The Kier molecular flexibility index (Phi) is 6.24. The first kappa shape index (κ1) is 18.5. The van der Waals surface area contributed by atoms with Crippen molar-refractivity contribution in [2.24, 2.45) is 5.92 Å². The standard InChI is InChI=1S/C19H19Cl3N2O/c20-15-8-6-13(7-9-15)11-24-10-2-3-14(12-24)19(25)23-17-5-1-4-16(21)18(17)22/h1,4-9,14H,2-3,10-12H2,(H,23,25)/t14-/m1/s1. The van der Waals surface area contributed by atoms with Gasteiger partial charge in [0.2, 0.25) is 5.91 Å². The zero-order chi connectivity index (χ0) is 17.8. The van der Waals surface area contributed by atoms with Gasteiger partial charge in [0.1, 0.15) is 0 Å². The number of likely N-dealkylation sites (tertiary alicyclic amines) is 1. The molecular weight excluding hydrogens is 379 g/mol. The van der Waals surface area contributed by atoms with Gasteiger partial charge in [-0.2, -0.15) is 0 Å². The van der Waals surface area contributed by atoms with E-state index in [2.05, 4.69) is 10.2 Å². The third kappa shape index (κ3) is 4.89. The van der Waals surface area contributed by atoms with Crippen LogP contribution in [0.4, 0.5) is 5.69 Å². The van der Waals surface area contributed by atoms with E-state index in [1.54, 1.807) is 18.2 Å². The fraction of sp³-hybridized carbons (Fsp3) is 0.316. The highest BCUT2D eigenvalue weighted by Gasteiger charge is 2.26. The van der Waals surface area contributed by atoms with Gasteiger partial charge in [-0.15, -0.1) is 0 Å². The van der Waals surface area contributed by atoms with Gasteiger partial charge in [-0.05, 0) is 49.2 Å². The van der Waals surface area contributed by atoms with Crippen molar-refractivity contribution in [3.63, 3.8) is 0 Å². The molecule has 1 aliphatic rings. The van der Waals surface area contributed by atoms with Crippen LogP contribution in [0.2, 0.25) is 15.1 Å². The number of nitrogens with one attached hydrogen (secondary N) is 1. The van der Waals surface area contributed by atoms with E-state index in [9.17, 15) is 4.79 Å². The van der Waals surface area contributed by atoms with E-state index < -0.39 is 0 Å². The zero-order valence-electron chi connectivity index (χ0n) is 13.6. The van der Waals surface area contributed by atoms with Crippen molar-refractivity contribution in [3.8, 4) is 0 Å². The molecule has 1 atom stereocenters. The maximum Gasteiger partial charge on any atom is 0.228 e. The summed E-state index contributed by atoms with van der Waals surface area (Å²) in [6.07, 6.45) is 1.87. The minimum atomic E-state index is -0.0592. The number of benzene rings is 2. The van der Waals surface area contributed by atoms with Crippen LogP contribution in [-0.4, -0.2) is 23.9 Å². The van der Waals surface area contributed by atoms with Crippen molar-refractivity contribution < 1.29 is 4.79 Å². The Morgan fingerprint density at radius 2 is 1.88 bits per heavy atom. The van der Waals surface area contributed by atoms with E-state index in [1.165, 1.54) is 5.56 Å². The smallest absolute Gasteiger partial charge is 0.228 e. The van der Waals surface area contributed by atoms with Crippen LogP contribution in [0.5, 0.6) is 0 Å². The van der Waals surface area contributed by atoms with E-state index in [1.807, 2.05) is 24.3 Å². The highest BCUT2D eigenvalue weighted by Crippen LogP contribution is 2.30. The number of carbonyl (C=O) groups is 1. The maximum atomic E-state index is 12.6. The quantitative estimate of drug-likeness (QED) is 0.739. The Bertz CT molecular complexity index is 749. The van der Waals surface area contributed by atoms with E-state index in [0.717, 1.165) is 37.5 Å². The molecule has 1 aliphatic heterocycles. The largest absolute Gasteiger partial charge is 0.324 e. The van der Waals surface area contributed by atoms with Crippen molar-refractivity contribution >= 4 is 46.4 Å². The van der Waals surface area contributed by atoms with Crippen molar-refractivity contribution in [3.05, 3.63) is 63.1 Å². The van der Waals surface area contributed by atoms with Gasteiger partial charge in [-0.25, -0.2) is 0 Å². The summed E-state index contributed by atoms with van der Waals surface area (Å²) in [5.41, 5.74) is 1.76. The van der Waals surface area contributed by atoms with Gasteiger partial charge in [0.25, 0.3) is 0 Å². The van der Waals surface area contributed by atoms with E-state index in [0.29, 0.717) is 15.7 Å². The number of piperidine rings is 1. The molecule has 2 aromatic rings. The second-order valence-electron chi connectivity index (χ2n) is 6.29. The van der Waals surface area contributed by atoms with Gasteiger partial charge < -0.3 is 5.32 Å². The van der Waals surface area contributed by atoms with Gasteiger partial charge in [-0.1, -0.05) is 53.0 Å². The second-order valence-corrected chi connectivity index (χ2v) is 7.51. The van der Waals surface area contributed by atoms with Gasteiger partial charge in [0, 0.05) is 18.1 Å². The Morgan fingerprint density at radius 3 is 2.64 bits per heavy atom. The molecule has 2 aromatic carbocycles. The molecule has 0 unspecified atom stereocenters. The molecule has 1 saturated heterocycles. The molecule has 0 aliphatic carbocycles. The van der Waals surface area contributed by atoms with E-state index in [4.69, 9.17) is 34.8 Å². The first-order valence-corrected chi connectivity index (χ1v) is 9.38. The zero-order valence-corrected chi connectivity index (χ0v) is 15.9. The highest BCUT2D eigenvalue weighted by atomic mass is 35.5. The lowest BCUT2D eigenvalue weighted by molar-refractivity contribution is -0.121. The summed E-state index contributed by atoms with van der Waals surface area (Å²) in [7, 11) is 0. The SMILES string of the molecule is O=C(Nc1cccc(Cl)c1Cl)[C@@H]1CCCN(Cc2ccc(Cl)cc2)C1. The monoisotopic (exact) mass is 396 g/mol. The Balaban J connectivity index is 1.61. The van der Waals surface area contributed by atoms with Crippen LogP contribution in [0.15, 0.2) is 42.5 Å². The molecule has 3 rings (SSSR count). The van der Waals surface area contributed by atoms with Crippen LogP contribution in [0.3, 0.4) is 0 Å². The molecular formula is C19H19Cl3N2O. The third-order valence-electron chi connectivity index (χ3n) is 4.41. The molecule has 3 nitrogen and oxygen atoms in total. The van der Waals surface area contributed by atoms with E-state index >= 15 is 0 Å². The van der Waals surface area contributed by atoms with Gasteiger partial charge in [-0.3, -0.25) is 9.69 Å². The molecule has 0 aromatic heterocycles. The fourth-order valence-electron chi connectivity index (χ4n) is 3.10. The summed E-state index contributed by atoms with van der Waals surface area (Å²) in [6, 6.07) is 13.1. The Labute approximate surface area is 162 Å². The van der Waals surface area contributed by atoms with Crippen LogP contribution >= 0.6 is 34.8 Å². The average Bonchev–Trinajstić information content (AvgIpc) is 2.61. The number of halogens is 3. The van der Waals surface area contributed by atoms with Crippen LogP contribution in [0, 0.1) is 5.92 Å². The molecule has 0 radical (unpaired) electrons. The summed E-state index contributed by atoms with van der Waals surface area (Å²) in [4.78, 5) is 14.9. The molecule has 1 fully saturated rings. The number of hydrogen-bond donors (Lipinski definition) is 1. The molecule has 0 bridgehead atoms. The van der Waals surface area contributed by atoms with Crippen LogP contribution < -0.4 is 5.32 Å². The lowest BCUT2D eigenvalue weighted by Gasteiger charge is -2.32. The molecule has 0 saturated carbocycles. The van der Waals surface area contributed by atoms with Crippen LogP contribution in [0.1, 0.15) is 18.4 Å². The molecule has 132 valence electrons. The fourth-order valence-corrected chi connectivity index (χ4v) is 3.57. The van der Waals surface area contributed by atoms with Crippen molar-refractivity contribution in [2.45, 2.75) is 19.4 Å². The van der Waals surface area contributed by atoms with Crippen molar-refractivity contribution in [2.75, 3.05) is 18.4 Å². The minimum absolute atomic E-state index is 0.00928. The molecule has 1 heterocycles. The lowest BCUT2D eigenvalue weighted by atomic mass is 9.96. The van der Waals surface area contributed by atoms with E-state index in [-0.39, 0.29) is 11.8 Å². The van der Waals surface area contributed by atoms with Gasteiger partial charge in [0.05, 0.1) is 21.7 Å².